The van der Waals surface area contributed by atoms with E-state index < -0.39 is 0 Å². The second kappa shape index (κ2) is 7.90. The van der Waals surface area contributed by atoms with Crippen molar-refractivity contribution >= 4 is 17.3 Å². The third-order valence-electron chi connectivity index (χ3n) is 5.24. The number of nitrogens with one attached hydrogen (secondary N) is 1. The van der Waals surface area contributed by atoms with E-state index >= 15 is 0 Å². The molecule has 0 bridgehead atoms. The second-order valence-electron chi connectivity index (χ2n) is 7.25. The average molecular weight is 387 g/mol. The van der Waals surface area contributed by atoms with E-state index in [4.69, 9.17) is 12.2 Å². The first-order valence-electron chi connectivity index (χ1n) is 9.40. The summed E-state index contributed by atoms with van der Waals surface area (Å²) in [5.74, 6) is -0.504. The third-order valence-corrected chi connectivity index (χ3v) is 5.62. The number of rotatable bonds is 4. The van der Waals surface area contributed by atoms with E-state index in [1.54, 1.807) is 0 Å². The number of piperazine rings is 1. The van der Waals surface area contributed by atoms with Gasteiger partial charge in [-0.1, -0.05) is 24.3 Å². The van der Waals surface area contributed by atoms with Crippen LogP contribution < -0.4 is 5.32 Å². The second-order valence-corrected chi connectivity index (χ2v) is 7.64. The number of benzene rings is 2. The lowest BCUT2D eigenvalue weighted by molar-refractivity contribution is 0.149. The molecule has 2 aromatic carbocycles. The van der Waals surface area contributed by atoms with Gasteiger partial charge in [-0.2, -0.15) is 0 Å². The fourth-order valence-corrected chi connectivity index (χ4v) is 3.93. The fourth-order valence-electron chi connectivity index (χ4n) is 3.58. The molecule has 4 rings (SSSR count). The molecule has 142 valence electrons. The van der Waals surface area contributed by atoms with Crippen molar-refractivity contribution in [1.29, 1.82) is 0 Å². The lowest BCUT2D eigenvalue weighted by Crippen LogP contribution is -2.52. The number of hydrogen-bond acceptors (Lipinski definition) is 2. The van der Waals surface area contributed by atoms with Gasteiger partial charge in [0.2, 0.25) is 0 Å². The van der Waals surface area contributed by atoms with Crippen LogP contribution in [0.5, 0.6) is 0 Å². The molecular weight excluding hydrogens is 364 g/mol. The number of thiocarbonyl (C=S) groups is 1. The van der Waals surface area contributed by atoms with Crippen LogP contribution in [0.15, 0.2) is 48.5 Å². The maximum atomic E-state index is 13.4. The molecule has 27 heavy (non-hydrogen) atoms. The highest BCUT2D eigenvalue weighted by molar-refractivity contribution is 7.80. The first-order chi connectivity index (χ1) is 13.1. The molecule has 2 fully saturated rings. The zero-order chi connectivity index (χ0) is 18.8. The van der Waals surface area contributed by atoms with Crippen molar-refractivity contribution in [2.24, 2.45) is 0 Å². The van der Waals surface area contributed by atoms with Gasteiger partial charge in [0.05, 0.1) is 6.04 Å². The summed E-state index contributed by atoms with van der Waals surface area (Å²) in [4.78, 5) is 4.58. The van der Waals surface area contributed by atoms with Gasteiger partial charge in [-0.3, -0.25) is 4.90 Å². The van der Waals surface area contributed by atoms with Gasteiger partial charge in [0.15, 0.2) is 5.11 Å². The summed E-state index contributed by atoms with van der Waals surface area (Å²) in [6.07, 6.45) is 2.41. The molecule has 0 radical (unpaired) electrons. The lowest BCUT2D eigenvalue weighted by atomic mass is 9.96. The van der Waals surface area contributed by atoms with Crippen LogP contribution in [0.4, 0.5) is 8.78 Å². The highest BCUT2D eigenvalue weighted by Crippen LogP contribution is 2.30. The summed E-state index contributed by atoms with van der Waals surface area (Å²) in [6, 6.07) is 13.7. The molecule has 0 spiro atoms. The van der Waals surface area contributed by atoms with Crippen molar-refractivity contribution in [1.82, 2.24) is 15.1 Å². The van der Waals surface area contributed by atoms with Crippen LogP contribution in [0.25, 0.3) is 0 Å². The Bertz CT molecular complexity index is 737. The van der Waals surface area contributed by atoms with Crippen molar-refractivity contribution in [3.8, 4) is 0 Å². The van der Waals surface area contributed by atoms with E-state index in [1.165, 1.54) is 37.1 Å². The molecule has 0 atom stereocenters. The fraction of sp³-hybridized carbons (Fsp3) is 0.381. The first-order valence-corrected chi connectivity index (χ1v) is 9.81. The van der Waals surface area contributed by atoms with E-state index in [9.17, 15) is 8.78 Å². The Morgan fingerprint density at radius 2 is 1.33 bits per heavy atom. The smallest absolute Gasteiger partial charge is 0.169 e. The molecule has 6 heteroatoms. The Labute approximate surface area is 164 Å². The van der Waals surface area contributed by atoms with Crippen LogP contribution in [0.3, 0.4) is 0 Å². The predicted molar refractivity (Wildman–Crippen MR) is 107 cm³/mol. The van der Waals surface area contributed by atoms with Gasteiger partial charge in [0, 0.05) is 32.2 Å². The van der Waals surface area contributed by atoms with Gasteiger partial charge >= 0.3 is 0 Å². The largest absolute Gasteiger partial charge is 0.360 e. The molecule has 0 aromatic heterocycles. The van der Waals surface area contributed by atoms with Crippen LogP contribution in [-0.2, 0) is 0 Å². The minimum atomic E-state index is -0.252. The van der Waals surface area contributed by atoms with E-state index in [-0.39, 0.29) is 17.7 Å². The summed E-state index contributed by atoms with van der Waals surface area (Å²) in [6.45, 7) is 3.37. The molecule has 1 aliphatic carbocycles. The molecule has 3 nitrogen and oxygen atoms in total. The normalized spacial score (nSPS) is 18.0. The van der Waals surface area contributed by atoms with Gasteiger partial charge in [-0.25, -0.2) is 8.78 Å². The van der Waals surface area contributed by atoms with Crippen molar-refractivity contribution in [2.45, 2.75) is 24.9 Å². The van der Waals surface area contributed by atoms with E-state index in [2.05, 4.69) is 15.1 Å². The van der Waals surface area contributed by atoms with Crippen molar-refractivity contribution in [3.05, 3.63) is 71.3 Å². The van der Waals surface area contributed by atoms with Crippen molar-refractivity contribution in [2.75, 3.05) is 26.2 Å². The number of nitrogens with zero attached hydrogens (tertiary/aromatic N) is 2. The minimum absolute atomic E-state index is 0.0293. The third kappa shape index (κ3) is 4.45. The average Bonchev–Trinajstić information content (AvgIpc) is 3.49. The molecule has 2 aromatic rings. The molecule has 0 amide bonds. The van der Waals surface area contributed by atoms with Gasteiger partial charge in [0.25, 0.3) is 0 Å². The maximum absolute atomic E-state index is 13.4. The molecular formula is C21H23F2N3S. The van der Waals surface area contributed by atoms with Crippen LogP contribution in [-0.4, -0.2) is 47.1 Å². The summed E-state index contributed by atoms with van der Waals surface area (Å²) >= 11 is 5.52. The van der Waals surface area contributed by atoms with Gasteiger partial charge in [-0.15, -0.1) is 0 Å². The first kappa shape index (κ1) is 18.3. The molecule has 1 saturated carbocycles. The predicted octanol–water partition coefficient (Wildman–Crippen LogP) is 3.71. The number of hydrogen-bond donors (Lipinski definition) is 1. The maximum Gasteiger partial charge on any atom is 0.169 e. The molecule has 2 aliphatic rings. The molecule has 1 aliphatic heterocycles. The summed E-state index contributed by atoms with van der Waals surface area (Å²) < 4.78 is 26.8. The topological polar surface area (TPSA) is 18.5 Å². The van der Waals surface area contributed by atoms with E-state index in [1.807, 2.05) is 24.3 Å². The van der Waals surface area contributed by atoms with E-state index in [0.717, 1.165) is 42.4 Å². The zero-order valence-electron chi connectivity index (χ0n) is 15.1. The monoisotopic (exact) mass is 387 g/mol. The minimum Gasteiger partial charge on any atom is -0.360 e. The summed E-state index contributed by atoms with van der Waals surface area (Å²) in [5, 5.41) is 4.24. The van der Waals surface area contributed by atoms with Gasteiger partial charge < -0.3 is 10.2 Å². The van der Waals surface area contributed by atoms with Crippen LogP contribution in [0.1, 0.15) is 30.0 Å². The van der Waals surface area contributed by atoms with Crippen LogP contribution in [0.2, 0.25) is 0 Å². The van der Waals surface area contributed by atoms with Crippen molar-refractivity contribution in [3.63, 3.8) is 0 Å². The highest BCUT2D eigenvalue weighted by Gasteiger charge is 2.29. The Morgan fingerprint density at radius 3 is 1.78 bits per heavy atom. The standard InChI is InChI=1S/C21H23F2N3S/c22-17-5-1-15(2-6-17)20(16-3-7-18(23)8-4-16)25-11-13-26(14-12-25)21(27)24-19-9-10-19/h1-8,19-20H,9-14H2,(H,24,27). The highest BCUT2D eigenvalue weighted by atomic mass is 32.1. The summed E-state index contributed by atoms with van der Waals surface area (Å²) in [5.41, 5.74) is 2.02. The van der Waals surface area contributed by atoms with Gasteiger partial charge in [-0.05, 0) is 60.5 Å². The SMILES string of the molecule is Fc1ccc(C(c2ccc(F)cc2)N2CCN(C(=S)NC3CC3)CC2)cc1. The molecule has 1 heterocycles. The lowest BCUT2D eigenvalue weighted by Gasteiger charge is -2.40. The number of halogens is 2. The molecule has 1 N–H and O–H groups in total. The Kier molecular flexibility index (Phi) is 5.36. The quantitative estimate of drug-likeness (QED) is 0.806. The van der Waals surface area contributed by atoms with Gasteiger partial charge in [0.1, 0.15) is 11.6 Å². The summed E-state index contributed by atoms with van der Waals surface area (Å²) in [7, 11) is 0. The Balaban J connectivity index is 1.51. The van der Waals surface area contributed by atoms with Crippen molar-refractivity contribution < 1.29 is 8.78 Å². The molecule has 1 saturated heterocycles. The zero-order valence-corrected chi connectivity index (χ0v) is 15.9. The van der Waals surface area contributed by atoms with E-state index in [0.29, 0.717) is 6.04 Å². The Morgan fingerprint density at radius 1 is 0.852 bits per heavy atom. The van der Waals surface area contributed by atoms with Crippen LogP contribution in [0, 0.1) is 11.6 Å². The molecule has 0 unspecified atom stereocenters. The Hall–Kier alpha value is -2.05. The van der Waals surface area contributed by atoms with Crippen LogP contribution >= 0.6 is 12.2 Å².